The van der Waals surface area contributed by atoms with Crippen molar-refractivity contribution in [3.05, 3.63) is 88.9 Å². The SMILES string of the molecule is Cc1cc(CN(C)Cc2cn(-c3ccccc3)nc2-c2ccc(Cl)cc2)no1. The van der Waals surface area contributed by atoms with Crippen LogP contribution >= 0.6 is 11.6 Å². The molecule has 142 valence electrons. The maximum absolute atomic E-state index is 6.07. The quantitative estimate of drug-likeness (QED) is 0.457. The molecular weight excluding hydrogens is 372 g/mol. The van der Waals surface area contributed by atoms with Crippen LogP contribution in [0.2, 0.25) is 5.02 Å². The average Bonchev–Trinajstić information content (AvgIpc) is 3.29. The van der Waals surface area contributed by atoms with E-state index in [9.17, 15) is 0 Å². The zero-order valence-corrected chi connectivity index (χ0v) is 16.6. The number of hydrogen-bond acceptors (Lipinski definition) is 4. The fourth-order valence-corrected chi connectivity index (χ4v) is 3.33. The van der Waals surface area contributed by atoms with E-state index in [-0.39, 0.29) is 0 Å². The molecule has 0 bridgehead atoms. The third-order valence-corrected chi connectivity index (χ3v) is 4.73. The molecule has 0 atom stereocenters. The Morgan fingerprint density at radius 3 is 2.46 bits per heavy atom. The summed E-state index contributed by atoms with van der Waals surface area (Å²) in [6.07, 6.45) is 2.09. The minimum absolute atomic E-state index is 0.702. The molecule has 0 N–H and O–H groups in total. The van der Waals surface area contributed by atoms with Crippen molar-refractivity contribution in [2.45, 2.75) is 20.0 Å². The maximum Gasteiger partial charge on any atom is 0.133 e. The second-order valence-corrected chi connectivity index (χ2v) is 7.33. The molecule has 0 saturated heterocycles. The highest BCUT2D eigenvalue weighted by atomic mass is 35.5. The molecule has 2 heterocycles. The Labute approximate surface area is 169 Å². The van der Waals surface area contributed by atoms with Crippen molar-refractivity contribution >= 4 is 11.6 Å². The monoisotopic (exact) mass is 392 g/mol. The summed E-state index contributed by atoms with van der Waals surface area (Å²) in [7, 11) is 2.06. The molecule has 0 aliphatic rings. The van der Waals surface area contributed by atoms with Gasteiger partial charge in [0, 0.05) is 41.5 Å². The van der Waals surface area contributed by atoms with Crippen molar-refractivity contribution in [2.75, 3.05) is 7.05 Å². The summed E-state index contributed by atoms with van der Waals surface area (Å²) >= 11 is 6.07. The fourth-order valence-electron chi connectivity index (χ4n) is 3.20. The lowest BCUT2D eigenvalue weighted by molar-refractivity contribution is 0.302. The van der Waals surface area contributed by atoms with Gasteiger partial charge in [0.25, 0.3) is 0 Å². The van der Waals surface area contributed by atoms with E-state index in [1.807, 2.05) is 72.3 Å². The van der Waals surface area contributed by atoms with E-state index in [0.717, 1.165) is 40.5 Å². The van der Waals surface area contributed by atoms with Crippen LogP contribution in [0.1, 0.15) is 17.0 Å². The van der Waals surface area contributed by atoms with Gasteiger partial charge in [-0.15, -0.1) is 0 Å². The van der Waals surface area contributed by atoms with Crippen molar-refractivity contribution in [1.29, 1.82) is 0 Å². The summed E-state index contributed by atoms with van der Waals surface area (Å²) in [5, 5.41) is 9.66. The number of para-hydroxylation sites is 1. The molecule has 0 unspecified atom stereocenters. The predicted molar refractivity (Wildman–Crippen MR) is 110 cm³/mol. The van der Waals surface area contributed by atoms with Gasteiger partial charge in [0.2, 0.25) is 0 Å². The van der Waals surface area contributed by atoms with Crippen LogP contribution in [0.4, 0.5) is 0 Å². The maximum atomic E-state index is 6.07. The molecule has 0 aliphatic carbocycles. The number of benzene rings is 2. The summed E-state index contributed by atoms with van der Waals surface area (Å²) in [5.74, 6) is 0.821. The molecule has 0 fully saturated rings. The number of halogens is 1. The Kier molecular flexibility index (Phi) is 5.28. The van der Waals surface area contributed by atoms with Gasteiger partial charge in [-0.3, -0.25) is 4.90 Å². The predicted octanol–water partition coefficient (Wildman–Crippen LogP) is 5.12. The van der Waals surface area contributed by atoms with Crippen LogP contribution in [0.15, 0.2) is 71.4 Å². The Morgan fingerprint density at radius 2 is 1.79 bits per heavy atom. The molecular formula is C22H21ClN4O. The van der Waals surface area contributed by atoms with Gasteiger partial charge in [-0.2, -0.15) is 5.10 Å². The lowest BCUT2D eigenvalue weighted by atomic mass is 10.1. The van der Waals surface area contributed by atoms with E-state index in [1.165, 1.54) is 0 Å². The molecule has 4 rings (SSSR count). The summed E-state index contributed by atoms with van der Waals surface area (Å²) in [6.45, 7) is 3.34. The van der Waals surface area contributed by atoms with Crippen LogP contribution in [-0.2, 0) is 13.1 Å². The van der Waals surface area contributed by atoms with Crippen LogP contribution in [-0.4, -0.2) is 26.9 Å². The molecule has 0 amide bonds. The third-order valence-electron chi connectivity index (χ3n) is 4.48. The standard InChI is InChI=1S/C22H21ClN4O/c1-16-12-20(25-28-16)15-26(2)13-18-14-27(21-6-4-3-5-7-21)24-22(18)17-8-10-19(23)11-9-17/h3-12,14H,13,15H2,1-2H3. The van der Waals surface area contributed by atoms with E-state index in [0.29, 0.717) is 11.6 Å². The van der Waals surface area contributed by atoms with Gasteiger partial charge in [0.1, 0.15) is 5.76 Å². The molecule has 5 nitrogen and oxygen atoms in total. The van der Waals surface area contributed by atoms with Gasteiger partial charge in [0.15, 0.2) is 0 Å². The van der Waals surface area contributed by atoms with E-state index in [4.69, 9.17) is 21.2 Å². The minimum Gasteiger partial charge on any atom is -0.361 e. The number of aromatic nitrogens is 3. The first-order chi connectivity index (χ1) is 13.6. The zero-order chi connectivity index (χ0) is 19.5. The van der Waals surface area contributed by atoms with Crippen LogP contribution in [0.3, 0.4) is 0 Å². The Bertz CT molecular complexity index is 1050. The number of rotatable bonds is 6. The topological polar surface area (TPSA) is 47.1 Å². The lowest BCUT2D eigenvalue weighted by Crippen LogP contribution is -2.17. The van der Waals surface area contributed by atoms with Crippen molar-refractivity contribution in [3.8, 4) is 16.9 Å². The first-order valence-electron chi connectivity index (χ1n) is 9.09. The van der Waals surface area contributed by atoms with E-state index >= 15 is 0 Å². The summed E-state index contributed by atoms with van der Waals surface area (Å²) < 4.78 is 7.10. The molecule has 0 aliphatic heterocycles. The van der Waals surface area contributed by atoms with E-state index in [1.54, 1.807) is 0 Å². The van der Waals surface area contributed by atoms with Crippen molar-refractivity contribution in [2.24, 2.45) is 0 Å². The third kappa shape index (κ3) is 4.16. The normalized spacial score (nSPS) is 11.3. The molecule has 2 aromatic heterocycles. The summed E-state index contributed by atoms with van der Waals surface area (Å²) in [5.41, 5.74) is 5.07. The number of aryl methyl sites for hydroxylation is 1. The van der Waals surface area contributed by atoms with E-state index in [2.05, 4.69) is 23.3 Å². The van der Waals surface area contributed by atoms with Gasteiger partial charge < -0.3 is 4.52 Å². The summed E-state index contributed by atoms with van der Waals surface area (Å²) in [6, 6.07) is 19.9. The zero-order valence-electron chi connectivity index (χ0n) is 15.8. The average molecular weight is 393 g/mol. The summed E-state index contributed by atoms with van der Waals surface area (Å²) in [4.78, 5) is 2.20. The molecule has 2 aromatic carbocycles. The fraction of sp³-hybridized carbons (Fsp3) is 0.182. The van der Waals surface area contributed by atoms with Crippen molar-refractivity contribution in [1.82, 2.24) is 19.8 Å². The minimum atomic E-state index is 0.702. The van der Waals surface area contributed by atoms with Gasteiger partial charge in [-0.25, -0.2) is 4.68 Å². The second-order valence-electron chi connectivity index (χ2n) is 6.89. The van der Waals surface area contributed by atoms with Gasteiger partial charge in [0.05, 0.1) is 17.1 Å². The largest absolute Gasteiger partial charge is 0.361 e. The van der Waals surface area contributed by atoms with Gasteiger partial charge in [-0.1, -0.05) is 47.1 Å². The molecule has 28 heavy (non-hydrogen) atoms. The molecule has 4 aromatic rings. The first-order valence-corrected chi connectivity index (χ1v) is 9.47. The molecule has 6 heteroatoms. The van der Waals surface area contributed by atoms with Gasteiger partial charge >= 0.3 is 0 Å². The Balaban J connectivity index is 1.65. The number of nitrogens with zero attached hydrogens (tertiary/aromatic N) is 4. The number of hydrogen-bond donors (Lipinski definition) is 0. The molecule has 0 saturated carbocycles. The smallest absolute Gasteiger partial charge is 0.133 e. The highest BCUT2D eigenvalue weighted by Gasteiger charge is 2.15. The van der Waals surface area contributed by atoms with Gasteiger partial charge in [-0.05, 0) is 38.2 Å². The Morgan fingerprint density at radius 1 is 1.04 bits per heavy atom. The van der Waals surface area contributed by atoms with Crippen LogP contribution in [0.25, 0.3) is 16.9 Å². The van der Waals surface area contributed by atoms with Crippen LogP contribution < -0.4 is 0 Å². The second kappa shape index (κ2) is 8.00. The highest BCUT2D eigenvalue weighted by Crippen LogP contribution is 2.26. The van der Waals surface area contributed by atoms with Crippen LogP contribution in [0.5, 0.6) is 0 Å². The van der Waals surface area contributed by atoms with E-state index < -0.39 is 0 Å². The molecule has 0 radical (unpaired) electrons. The van der Waals surface area contributed by atoms with Crippen molar-refractivity contribution in [3.63, 3.8) is 0 Å². The highest BCUT2D eigenvalue weighted by molar-refractivity contribution is 6.30. The first kappa shape index (κ1) is 18.5. The van der Waals surface area contributed by atoms with Crippen molar-refractivity contribution < 1.29 is 4.52 Å². The Hall–Kier alpha value is -2.89. The van der Waals surface area contributed by atoms with Crippen LogP contribution in [0, 0.1) is 6.92 Å². The molecule has 0 spiro atoms. The lowest BCUT2D eigenvalue weighted by Gasteiger charge is -2.14.